The van der Waals surface area contributed by atoms with Crippen molar-refractivity contribution in [2.45, 2.75) is 70.5 Å². The molecule has 1 rings (SSSR count). The predicted octanol–water partition coefficient (Wildman–Crippen LogP) is 3.45. The van der Waals surface area contributed by atoms with Gasteiger partial charge in [0.15, 0.2) is 0 Å². The molecule has 0 aliphatic carbocycles. The van der Waals surface area contributed by atoms with Gasteiger partial charge in [-0.05, 0) is 19.8 Å². The molecule has 0 bridgehead atoms. The lowest BCUT2D eigenvalue weighted by Crippen LogP contribution is -2.44. The lowest BCUT2D eigenvalue weighted by Gasteiger charge is -2.30. The molecule has 1 aliphatic rings. The average molecular weight is 245 g/mol. The molecule has 1 fully saturated rings. The summed E-state index contributed by atoms with van der Waals surface area (Å²) in [7, 11) is 0. The summed E-state index contributed by atoms with van der Waals surface area (Å²) in [5.41, 5.74) is -1.04. The van der Waals surface area contributed by atoms with Crippen molar-refractivity contribution >= 4 is 0 Å². The van der Waals surface area contributed by atoms with Crippen LogP contribution in [0.25, 0.3) is 0 Å². The molecule has 0 aromatic heterocycles. The maximum Gasteiger partial charge on any atom is 0.109 e. The number of hydrogen-bond donors (Lipinski definition) is 1. The third kappa shape index (κ3) is 6.99. The van der Waals surface area contributed by atoms with Gasteiger partial charge in [0.2, 0.25) is 0 Å². The highest BCUT2D eigenvalue weighted by atomic mass is 19.1. The zero-order chi connectivity index (χ0) is 12.6. The van der Waals surface area contributed by atoms with Crippen LogP contribution in [0.2, 0.25) is 0 Å². The summed E-state index contributed by atoms with van der Waals surface area (Å²) in [6.07, 6.45) is 7.23. The molecule has 1 aliphatic heterocycles. The topological polar surface area (TPSA) is 21.3 Å². The summed E-state index contributed by atoms with van der Waals surface area (Å²) >= 11 is 0. The number of alkyl halides is 1. The van der Waals surface area contributed by atoms with Crippen molar-refractivity contribution in [1.29, 1.82) is 0 Å². The Labute approximate surface area is 105 Å². The third-order valence-electron chi connectivity index (χ3n) is 3.47. The number of ether oxygens (including phenoxy) is 1. The van der Waals surface area contributed by atoms with Crippen LogP contribution in [-0.4, -0.2) is 31.5 Å². The Morgan fingerprint density at radius 2 is 2.06 bits per heavy atom. The predicted molar refractivity (Wildman–Crippen MR) is 70.1 cm³/mol. The first-order chi connectivity index (χ1) is 8.14. The molecule has 1 saturated heterocycles. The molecule has 0 radical (unpaired) electrons. The molecule has 2 nitrogen and oxygen atoms in total. The van der Waals surface area contributed by atoms with Crippen molar-refractivity contribution in [3.05, 3.63) is 0 Å². The molecule has 17 heavy (non-hydrogen) atoms. The van der Waals surface area contributed by atoms with E-state index in [4.69, 9.17) is 4.74 Å². The zero-order valence-electron chi connectivity index (χ0n) is 11.4. The minimum atomic E-state index is -1.04. The molecule has 0 aromatic carbocycles. The van der Waals surface area contributed by atoms with Crippen LogP contribution >= 0.6 is 0 Å². The monoisotopic (exact) mass is 245 g/mol. The van der Waals surface area contributed by atoms with Gasteiger partial charge >= 0.3 is 0 Å². The van der Waals surface area contributed by atoms with E-state index in [2.05, 4.69) is 12.2 Å². The van der Waals surface area contributed by atoms with E-state index >= 15 is 0 Å². The second-order valence-corrected chi connectivity index (χ2v) is 5.51. The van der Waals surface area contributed by atoms with E-state index in [-0.39, 0.29) is 6.04 Å². The normalized spacial score (nSPS) is 24.5. The zero-order valence-corrected chi connectivity index (χ0v) is 11.4. The van der Waals surface area contributed by atoms with Gasteiger partial charge in [0, 0.05) is 12.6 Å². The van der Waals surface area contributed by atoms with Gasteiger partial charge in [-0.1, -0.05) is 39.0 Å². The van der Waals surface area contributed by atoms with Crippen LogP contribution in [-0.2, 0) is 4.74 Å². The Kier molecular flexibility index (Phi) is 7.05. The first-order valence-corrected chi connectivity index (χ1v) is 7.14. The van der Waals surface area contributed by atoms with Gasteiger partial charge in [0.1, 0.15) is 5.67 Å². The van der Waals surface area contributed by atoms with E-state index in [0.29, 0.717) is 19.4 Å². The molecular formula is C14H28FNO. The molecule has 2 atom stereocenters. The molecule has 102 valence electrons. The third-order valence-corrected chi connectivity index (χ3v) is 3.47. The highest BCUT2D eigenvalue weighted by Crippen LogP contribution is 2.25. The van der Waals surface area contributed by atoms with Gasteiger partial charge in [0.05, 0.1) is 13.2 Å². The molecule has 1 heterocycles. The Bertz CT molecular complexity index is 191. The van der Waals surface area contributed by atoms with Gasteiger partial charge in [-0.3, -0.25) is 0 Å². The molecule has 3 heteroatoms. The summed E-state index contributed by atoms with van der Waals surface area (Å²) in [4.78, 5) is 0. The molecule has 0 amide bonds. The SMILES string of the molecule is CCCCCCCC(C)(F)CC1COCCN1. The van der Waals surface area contributed by atoms with Gasteiger partial charge in [0.25, 0.3) is 0 Å². The van der Waals surface area contributed by atoms with E-state index in [1.807, 2.05) is 0 Å². The van der Waals surface area contributed by atoms with Crippen LogP contribution in [0.3, 0.4) is 0 Å². The minimum absolute atomic E-state index is 0.203. The Morgan fingerprint density at radius 1 is 1.29 bits per heavy atom. The number of rotatable bonds is 8. The Hall–Kier alpha value is -0.150. The Morgan fingerprint density at radius 3 is 2.71 bits per heavy atom. The van der Waals surface area contributed by atoms with E-state index in [1.54, 1.807) is 6.92 Å². The van der Waals surface area contributed by atoms with E-state index in [1.165, 1.54) is 25.7 Å². The minimum Gasteiger partial charge on any atom is -0.379 e. The van der Waals surface area contributed by atoms with E-state index in [9.17, 15) is 4.39 Å². The largest absolute Gasteiger partial charge is 0.379 e. The molecule has 0 spiro atoms. The van der Waals surface area contributed by atoms with Gasteiger partial charge in [-0.2, -0.15) is 0 Å². The van der Waals surface area contributed by atoms with Gasteiger partial charge < -0.3 is 10.1 Å². The number of unbranched alkanes of at least 4 members (excludes halogenated alkanes) is 4. The van der Waals surface area contributed by atoms with Crippen LogP contribution in [0.5, 0.6) is 0 Å². The number of nitrogens with one attached hydrogen (secondary N) is 1. The van der Waals surface area contributed by atoms with Crippen LogP contribution in [0.15, 0.2) is 0 Å². The van der Waals surface area contributed by atoms with Crippen molar-refractivity contribution < 1.29 is 9.13 Å². The maximum atomic E-state index is 14.3. The summed E-state index contributed by atoms with van der Waals surface area (Å²) in [5, 5.41) is 3.32. The van der Waals surface area contributed by atoms with Crippen molar-refractivity contribution in [3.8, 4) is 0 Å². The fourth-order valence-electron chi connectivity index (χ4n) is 2.46. The highest BCUT2D eigenvalue weighted by Gasteiger charge is 2.28. The lowest BCUT2D eigenvalue weighted by molar-refractivity contribution is 0.0451. The van der Waals surface area contributed by atoms with Crippen molar-refractivity contribution in [3.63, 3.8) is 0 Å². The summed E-state index contributed by atoms with van der Waals surface area (Å²) in [6.45, 7) is 6.22. The molecule has 2 unspecified atom stereocenters. The summed E-state index contributed by atoms with van der Waals surface area (Å²) in [5.74, 6) is 0. The summed E-state index contributed by atoms with van der Waals surface area (Å²) < 4.78 is 19.6. The highest BCUT2D eigenvalue weighted by molar-refractivity contribution is 4.82. The van der Waals surface area contributed by atoms with Gasteiger partial charge in [-0.25, -0.2) is 4.39 Å². The number of halogens is 1. The standard InChI is InChI=1S/C14H28FNO/c1-3-4-5-6-7-8-14(2,15)11-13-12-17-10-9-16-13/h13,16H,3-12H2,1-2H3. The Balaban J connectivity index is 2.11. The van der Waals surface area contributed by atoms with Crippen molar-refractivity contribution in [2.24, 2.45) is 0 Å². The van der Waals surface area contributed by atoms with E-state index < -0.39 is 5.67 Å². The smallest absolute Gasteiger partial charge is 0.109 e. The first-order valence-electron chi connectivity index (χ1n) is 7.14. The van der Waals surface area contributed by atoms with Crippen LogP contribution in [0, 0.1) is 0 Å². The quantitative estimate of drug-likeness (QED) is 0.661. The van der Waals surface area contributed by atoms with Crippen molar-refractivity contribution in [2.75, 3.05) is 19.8 Å². The van der Waals surface area contributed by atoms with Crippen molar-refractivity contribution in [1.82, 2.24) is 5.32 Å². The lowest BCUT2D eigenvalue weighted by atomic mass is 9.92. The summed E-state index contributed by atoms with van der Waals surface area (Å²) in [6, 6.07) is 0.203. The van der Waals surface area contributed by atoms with E-state index in [0.717, 1.165) is 19.6 Å². The molecular weight excluding hydrogens is 217 g/mol. The van der Waals surface area contributed by atoms with Crippen LogP contribution in [0.1, 0.15) is 58.8 Å². The average Bonchev–Trinajstić information content (AvgIpc) is 2.29. The molecule has 0 aromatic rings. The second-order valence-electron chi connectivity index (χ2n) is 5.51. The maximum absolute atomic E-state index is 14.3. The fourth-order valence-corrected chi connectivity index (χ4v) is 2.46. The van der Waals surface area contributed by atoms with Crippen LogP contribution in [0.4, 0.5) is 4.39 Å². The number of hydrogen-bond acceptors (Lipinski definition) is 2. The number of morpholine rings is 1. The molecule has 1 N–H and O–H groups in total. The fraction of sp³-hybridized carbons (Fsp3) is 1.00. The first kappa shape index (κ1) is 14.9. The second kappa shape index (κ2) is 8.04. The van der Waals surface area contributed by atoms with Gasteiger partial charge in [-0.15, -0.1) is 0 Å². The molecule has 0 saturated carbocycles. The van der Waals surface area contributed by atoms with Crippen LogP contribution < -0.4 is 5.32 Å².